The average molecular weight is 386 g/mol. The zero-order chi connectivity index (χ0) is 19.9. The monoisotopic (exact) mass is 386 g/mol. The summed E-state index contributed by atoms with van der Waals surface area (Å²) in [5.74, 6) is -0.440. The molecule has 0 spiro atoms. The van der Waals surface area contributed by atoms with Crippen LogP contribution in [0.5, 0.6) is 0 Å². The molecule has 0 radical (unpaired) electrons. The highest BCUT2D eigenvalue weighted by Crippen LogP contribution is 2.29. The van der Waals surface area contributed by atoms with Gasteiger partial charge in [0.25, 0.3) is 0 Å². The summed E-state index contributed by atoms with van der Waals surface area (Å²) < 4.78 is 38.4. The quantitative estimate of drug-likeness (QED) is 0.736. The molecule has 2 N–H and O–H groups in total. The summed E-state index contributed by atoms with van der Waals surface area (Å²) in [6.45, 7) is 5.56. The van der Waals surface area contributed by atoms with Crippen molar-refractivity contribution in [2.75, 3.05) is 45.8 Å². The van der Waals surface area contributed by atoms with Crippen molar-refractivity contribution in [1.29, 1.82) is 0 Å². The molecule has 2 rings (SSSR count). The molecular formula is C18H25F3N4O2. The van der Waals surface area contributed by atoms with Gasteiger partial charge in [0, 0.05) is 39.3 Å². The Kier molecular flexibility index (Phi) is 7.61. The molecule has 1 saturated heterocycles. The highest BCUT2D eigenvalue weighted by atomic mass is 19.4. The van der Waals surface area contributed by atoms with E-state index in [2.05, 4.69) is 15.5 Å². The third kappa shape index (κ3) is 7.18. The van der Waals surface area contributed by atoms with Crippen LogP contribution in [0.3, 0.4) is 0 Å². The molecule has 0 unspecified atom stereocenters. The maximum Gasteiger partial charge on any atom is 0.416 e. The highest BCUT2D eigenvalue weighted by molar-refractivity contribution is 5.85. The van der Waals surface area contributed by atoms with E-state index in [1.165, 1.54) is 12.1 Å². The first-order valence-electron chi connectivity index (χ1n) is 8.92. The fourth-order valence-electron chi connectivity index (χ4n) is 2.91. The molecule has 27 heavy (non-hydrogen) atoms. The third-order valence-electron chi connectivity index (χ3n) is 4.31. The summed E-state index contributed by atoms with van der Waals surface area (Å²) in [5.41, 5.74) is -0.0135. The average Bonchev–Trinajstić information content (AvgIpc) is 2.61. The molecule has 1 heterocycles. The van der Waals surface area contributed by atoms with Crippen LogP contribution < -0.4 is 10.6 Å². The van der Waals surface area contributed by atoms with Gasteiger partial charge in [0.15, 0.2) is 0 Å². The lowest BCUT2D eigenvalue weighted by molar-refractivity contribution is -0.137. The SMILES string of the molecule is CCNC(=O)CNC(=O)CN1CCN(Cc2cccc(C(F)(F)F)c2)CC1. The summed E-state index contributed by atoms with van der Waals surface area (Å²) in [7, 11) is 0. The summed E-state index contributed by atoms with van der Waals surface area (Å²) in [6.07, 6.45) is -4.34. The lowest BCUT2D eigenvalue weighted by Gasteiger charge is -2.34. The van der Waals surface area contributed by atoms with Gasteiger partial charge >= 0.3 is 6.18 Å². The van der Waals surface area contributed by atoms with Crippen LogP contribution in [0.25, 0.3) is 0 Å². The molecule has 1 fully saturated rings. The molecular weight excluding hydrogens is 361 g/mol. The van der Waals surface area contributed by atoms with Crippen molar-refractivity contribution in [1.82, 2.24) is 20.4 Å². The zero-order valence-corrected chi connectivity index (χ0v) is 15.3. The van der Waals surface area contributed by atoms with Gasteiger partial charge in [-0.3, -0.25) is 19.4 Å². The highest BCUT2D eigenvalue weighted by Gasteiger charge is 2.30. The number of nitrogens with zero attached hydrogens (tertiary/aromatic N) is 2. The topological polar surface area (TPSA) is 64.7 Å². The first-order valence-corrected chi connectivity index (χ1v) is 8.92. The van der Waals surface area contributed by atoms with Crippen LogP contribution in [-0.2, 0) is 22.3 Å². The summed E-state index contributed by atoms with van der Waals surface area (Å²) >= 11 is 0. The van der Waals surface area contributed by atoms with Gasteiger partial charge in [-0.05, 0) is 18.6 Å². The molecule has 150 valence electrons. The van der Waals surface area contributed by atoms with E-state index in [1.807, 2.05) is 4.90 Å². The van der Waals surface area contributed by atoms with Crippen LogP contribution in [0, 0.1) is 0 Å². The maximum absolute atomic E-state index is 12.8. The fraction of sp³-hybridized carbons (Fsp3) is 0.556. The predicted octanol–water partition coefficient (Wildman–Crippen LogP) is 1.08. The number of amides is 2. The van der Waals surface area contributed by atoms with Crippen LogP contribution in [-0.4, -0.2) is 67.4 Å². The summed E-state index contributed by atoms with van der Waals surface area (Å²) in [4.78, 5) is 27.2. The number of benzene rings is 1. The molecule has 0 aliphatic carbocycles. The molecule has 1 aliphatic heterocycles. The van der Waals surface area contributed by atoms with Crippen LogP contribution in [0.2, 0.25) is 0 Å². The van der Waals surface area contributed by atoms with Crippen molar-refractivity contribution in [2.24, 2.45) is 0 Å². The fourth-order valence-corrected chi connectivity index (χ4v) is 2.91. The summed E-state index contributed by atoms with van der Waals surface area (Å²) in [6, 6.07) is 5.37. The van der Waals surface area contributed by atoms with E-state index in [9.17, 15) is 22.8 Å². The number of likely N-dealkylation sites (N-methyl/N-ethyl adjacent to an activating group) is 1. The van der Waals surface area contributed by atoms with E-state index in [-0.39, 0.29) is 24.9 Å². The second-order valence-electron chi connectivity index (χ2n) is 6.48. The molecule has 0 saturated carbocycles. The second-order valence-corrected chi connectivity index (χ2v) is 6.48. The number of halogens is 3. The smallest absolute Gasteiger partial charge is 0.355 e. The number of alkyl halides is 3. The molecule has 0 atom stereocenters. The number of carbonyl (C=O) groups excluding carboxylic acids is 2. The van der Waals surface area contributed by atoms with Gasteiger partial charge in [-0.25, -0.2) is 0 Å². The number of rotatable bonds is 7. The van der Waals surface area contributed by atoms with Crippen molar-refractivity contribution in [2.45, 2.75) is 19.6 Å². The third-order valence-corrected chi connectivity index (χ3v) is 4.31. The molecule has 9 heteroatoms. The zero-order valence-electron chi connectivity index (χ0n) is 15.3. The molecule has 0 aromatic heterocycles. The van der Waals surface area contributed by atoms with E-state index >= 15 is 0 Å². The number of piperazine rings is 1. The molecule has 1 aromatic carbocycles. The lowest BCUT2D eigenvalue weighted by atomic mass is 10.1. The first kappa shape index (κ1) is 21.2. The van der Waals surface area contributed by atoms with Gasteiger partial charge in [-0.2, -0.15) is 13.2 Å². The Morgan fingerprint density at radius 2 is 1.70 bits per heavy atom. The number of hydrogen-bond acceptors (Lipinski definition) is 4. The molecule has 2 amide bonds. The van der Waals surface area contributed by atoms with Gasteiger partial charge in [-0.15, -0.1) is 0 Å². The molecule has 0 bridgehead atoms. The Morgan fingerprint density at radius 3 is 2.33 bits per heavy atom. The van der Waals surface area contributed by atoms with E-state index < -0.39 is 11.7 Å². The predicted molar refractivity (Wildman–Crippen MR) is 94.9 cm³/mol. The van der Waals surface area contributed by atoms with Crippen LogP contribution in [0.15, 0.2) is 24.3 Å². The van der Waals surface area contributed by atoms with E-state index in [1.54, 1.807) is 13.0 Å². The minimum Gasteiger partial charge on any atom is -0.355 e. The van der Waals surface area contributed by atoms with Gasteiger partial charge in [0.2, 0.25) is 11.8 Å². The van der Waals surface area contributed by atoms with Crippen LogP contribution >= 0.6 is 0 Å². The van der Waals surface area contributed by atoms with Gasteiger partial charge < -0.3 is 10.6 Å². The van der Waals surface area contributed by atoms with Crippen molar-refractivity contribution < 1.29 is 22.8 Å². The lowest BCUT2D eigenvalue weighted by Crippen LogP contribution is -2.49. The Hall–Kier alpha value is -2.13. The molecule has 6 nitrogen and oxygen atoms in total. The molecule has 1 aliphatic rings. The number of nitrogens with one attached hydrogen (secondary N) is 2. The second kappa shape index (κ2) is 9.70. The van der Waals surface area contributed by atoms with E-state index in [4.69, 9.17) is 0 Å². The van der Waals surface area contributed by atoms with Crippen LogP contribution in [0.1, 0.15) is 18.1 Å². The van der Waals surface area contributed by atoms with Crippen molar-refractivity contribution in [3.63, 3.8) is 0 Å². The Balaban J connectivity index is 1.74. The van der Waals surface area contributed by atoms with Crippen molar-refractivity contribution in [3.05, 3.63) is 35.4 Å². The normalized spacial score (nSPS) is 16.1. The van der Waals surface area contributed by atoms with Crippen LogP contribution in [0.4, 0.5) is 13.2 Å². The first-order chi connectivity index (χ1) is 12.8. The largest absolute Gasteiger partial charge is 0.416 e. The molecule has 1 aromatic rings. The number of hydrogen-bond donors (Lipinski definition) is 2. The van der Waals surface area contributed by atoms with Gasteiger partial charge in [0.05, 0.1) is 18.7 Å². The van der Waals surface area contributed by atoms with E-state index in [0.717, 1.165) is 6.07 Å². The van der Waals surface area contributed by atoms with Crippen molar-refractivity contribution in [3.8, 4) is 0 Å². The summed E-state index contributed by atoms with van der Waals surface area (Å²) in [5, 5.41) is 5.18. The van der Waals surface area contributed by atoms with Crippen molar-refractivity contribution >= 4 is 11.8 Å². The minimum atomic E-state index is -4.34. The Morgan fingerprint density at radius 1 is 1.04 bits per heavy atom. The Labute approximate surface area is 156 Å². The van der Waals surface area contributed by atoms with Gasteiger partial charge in [-0.1, -0.05) is 18.2 Å². The maximum atomic E-state index is 12.8. The number of carbonyl (C=O) groups is 2. The Bertz CT molecular complexity index is 644. The van der Waals surface area contributed by atoms with E-state index in [0.29, 0.717) is 44.8 Å². The van der Waals surface area contributed by atoms with Gasteiger partial charge in [0.1, 0.15) is 0 Å². The minimum absolute atomic E-state index is 0.0395. The standard InChI is InChI=1S/C18H25F3N4O2/c1-2-22-16(26)11-23-17(27)13-25-8-6-24(7-9-25)12-14-4-3-5-15(10-14)18(19,20)21/h3-5,10H,2,6-9,11-13H2,1H3,(H,22,26)(H,23,27).